The molecule has 1 aromatic heterocycles. The Bertz CT molecular complexity index is 577. The van der Waals surface area contributed by atoms with E-state index >= 15 is 0 Å². The Balaban J connectivity index is 2.30. The first-order valence-electron chi connectivity index (χ1n) is 6.22. The summed E-state index contributed by atoms with van der Waals surface area (Å²) in [5.74, 6) is 2.34. The lowest BCUT2D eigenvalue weighted by atomic mass is 10.2. The maximum absolute atomic E-state index is 5.63. The number of hydrogen-bond acceptors (Lipinski definition) is 7. The van der Waals surface area contributed by atoms with E-state index < -0.39 is 0 Å². The Hall–Kier alpha value is -2.54. The Labute approximate surface area is 122 Å². The van der Waals surface area contributed by atoms with Gasteiger partial charge < -0.3 is 24.7 Å². The third-order valence-corrected chi connectivity index (χ3v) is 2.77. The molecule has 0 fully saturated rings. The van der Waals surface area contributed by atoms with Crippen LogP contribution in [-0.4, -0.2) is 31.5 Å². The van der Waals surface area contributed by atoms with Crippen molar-refractivity contribution in [1.29, 1.82) is 0 Å². The zero-order chi connectivity index (χ0) is 15.2. The quantitative estimate of drug-likeness (QED) is 0.867. The Kier molecular flexibility index (Phi) is 4.78. The Morgan fingerprint density at radius 2 is 1.62 bits per heavy atom. The van der Waals surface area contributed by atoms with E-state index in [9.17, 15) is 0 Å². The fourth-order valence-electron chi connectivity index (χ4n) is 1.75. The van der Waals surface area contributed by atoms with Crippen LogP contribution in [0.2, 0.25) is 0 Å². The maximum atomic E-state index is 5.63. The summed E-state index contributed by atoms with van der Waals surface area (Å²) in [7, 11) is 4.62. The van der Waals surface area contributed by atoms with Crippen LogP contribution in [0.3, 0.4) is 0 Å². The molecule has 2 aromatic rings. The maximum Gasteiger partial charge on any atom is 0.238 e. The molecule has 0 spiro atoms. The molecule has 2 N–H and O–H groups in total. The molecule has 7 nitrogen and oxygen atoms in total. The summed E-state index contributed by atoms with van der Waals surface area (Å²) in [6, 6.07) is 6.80. The number of hydrogen-bond donors (Lipinski definition) is 1. The van der Waals surface area contributed by atoms with Gasteiger partial charge in [0.1, 0.15) is 5.75 Å². The first-order valence-corrected chi connectivity index (χ1v) is 6.22. The Morgan fingerprint density at radius 1 is 0.952 bits per heavy atom. The van der Waals surface area contributed by atoms with E-state index in [1.165, 1.54) is 21.3 Å². The normalized spacial score (nSPS) is 10.1. The predicted molar refractivity (Wildman–Crippen MR) is 76.1 cm³/mol. The van der Waals surface area contributed by atoms with E-state index in [2.05, 4.69) is 10.2 Å². The first-order chi connectivity index (χ1) is 10.2. The minimum absolute atomic E-state index is 0.331. The average molecular weight is 291 g/mol. The van der Waals surface area contributed by atoms with E-state index in [0.29, 0.717) is 41.1 Å². The molecule has 2 rings (SSSR count). The van der Waals surface area contributed by atoms with Gasteiger partial charge in [-0.25, -0.2) is 0 Å². The highest BCUT2D eigenvalue weighted by Gasteiger charge is 2.14. The lowest BCUT2D eigenvalue weighted by molar-refractivity contribution is 0.320. The topological polar surface area (TPSA) is 88.7 Å². The average Bonchev–Trinajstić information content (AvgIpc) is 2.54. The number of nitrogens with two attached hydrogens (primary N) is 1. The minimum atomic E-state index is 0.331. The van der Waals surface area contributed by atoms with Gasteiger partial charge in [-0.15, -0.1) is 5.10 Å². The van der Waals surface area contributed by atoms with Crippen molar-refractivity contribution in [2.24, 2.45) is 5.73 Å². The molecular weight excluding hydrogens is 274 g/mol. The molecule has 0 unspecified atom stereocenters. The lowest BCUT2D eigenvalue weighted by Crippen LogP contribution is -2.01. The third-order valence-electron chi connectivity index (χ3n) is 2.77. The SMILES string of the molecule is COc1cc(Oc2ccc(CN)nn2)cc(OC)c1OC. The molecule has 0 amide bonds. The molecule has 0 aliphatic carbocycles. The van der Waals surface area contributed by atoms with Crippen LogP contribution in [0.5, 0.6) is 28.9 Å². The van der Waals surface area contributed by atoms with Crippen molar-refractivity contribution >= 4 is 0 Å². The monoisotopic (exact) mass is 291 g/mol. The van der Waals surface area contributed by atoms with Crippen LogP contribution in [0.1, 0.15) is 5.69 Å². The summed E-state index contributed by atoms with van der Waals surface area (Å²) in [6.45, 7) is 0.331. The summed E-state index contributed by atoms with van der Waals surface area (Å²) in [5.41, 5.74) is 6.16. The summed E-state index contributed by atoms with van der Waals surface area (Å²) >= 11 is 0. The number of benzene rings is 1. The second kappa shape index (κ2) is 6.76. The summed E-state index contributed by atoms with van der Waals surface area (Å²) in [5, 5.41) is 7.86. The molecule has 0 bridgehead atoms. The van der Waals surface area contributed by atoms with Gasteiger partial charge in [0.05, 0.1) is 27.0 Å². The lowest BCUT2D eigenvalue weighted by Gasteiger charge is -2.14. The molecule has 0 radical (unpaired) electrons. The van der Waals surface area contributed by atoms with Gasteiger partial charge in [0, 0.05) is 24.7 Å². The van der Waals surface area contributed by atoms with Crippen LogP contribution in [0.15, 0.2) is 24.3 Å². The number of aromatic nitrogens is 2. The molecule has 0 aliphatic heterocycles. The smallest absolute Gasteiger partial charge is 0.238 e. The van der Waals surface area contributed by atoms with E-state index in [1.807, 2.05) is 0 Å². The van der Waals surface area contributed by atoms with Gasteiger partial charge in [-0.1, -0.05) is 0 Å². The summed E-state index contributed by atoms with van der Waals surface area (Å²) in [4.78, 5) is 0. The van der Waals surface area contributed by atoms with Crippen molar-refractivity contribution in [3.63, 3.8) is 0 Å². The van der Waals surface area contributed by atoms with Crippen molar-refractivity contribution in [1.82, 2.24) is 10.2 Å². The predicted octanol–water partition coefficient (Wildman–Crippen LogP) is 1.75. The molecule has 7 heteroatoms. The van der Waals surface area contributed by atoms with Gasteiger partial charge in [0.2, 0.25) is 11.6 Å². The molecule has 21 heavy (non-hydrogen) atoms. The van der Waals surface area contributed by atoms with Gasteiger partial charge in [0.25, 0.3) is 0 Å². The van der Waals surface area contributed by atoms with E-state index in [0.717, 1.165) is 0 Å². The number of ether oxygens (including phenoxy) is 4. The summed E-state index contributed by atoms with van der Waals surface area (Å²) in [6.07, 6.45) is 0. The number of nitrogens with zero attached hydrogens (tertiary/aromatic N) is 2. The van der Waals surface area contributed by atoms with Crippen LogP contribution in [-0.2, 0) is 6.54 Å². The highest BCUT2D eigenvalue weighted by molar-refractivity contribution is 5.56. The molecule has 112 valence electrons. The third kappa shape index (κ3) is 3.32. The number of rotatable bonds is 6. The van der Waals surface area contributed by atoms with Crippen molar-refractivity contribution in [2.75, 3.05) is 21.3 Å². The first kappa shape index (κ1) is 14.9. The Morgan fingerprint density at radius 3 is 2.05 bits per heavy atom. The molecular formula is C14H17N3O4. The fraction of sp³-hybridized carbons (Fsp3) is 0.286. The standard InChI is InChI=1S/C14H17N3O4/c1-18-11-6-10(7-12(19-2)14(11)20-3)21-13-5-4-9(8-15)16-17-13/h4-7H,8,15H2,1-3H3. The number of methoxy groups -OCH3 is 3. The van der Waals surface area contributed by atoms with Crippen molar-refractivity contribution in [3.05, 3.63) is 30.0 Å². The van der Waals surface area contributed by atoms with E-state index in [4.69, 9.17) is 24.7 Å². The molecule has 1 heterocycles. The zero-order valence-electron chi connectivity index (χ0n) is 12.1. The zero-order valence-corrected chi connectivity index (χ0v) is 12.1. The second-order valence-corrected chi connectivity index (χ2v) is 4.03. The minimum Gasteiger partial charge on any atom is -0.493 e. The van der Waals surface area contributed by atoms with E-state index in [-0.39, 0.29) is 0 Å². The van der Waals surface area contributed by atoms with Crippen LogP contribution in [0.25, 0.3) is 0 Å². The van der Waals surface area contributed by atoms with E-state index in [1.54, 1.807) is 24.3 Å². The van der Waals surface area contributed by atoms with Crippen molar-refractivity contribution < 1.29 is 18.9 Å². The van der Waals surface area contributed by atoms with Crippen LogP contribution < -0.4 is 24.7 Å². The molecule has 1 aromatic carbocycles. The van der Waals surface area contributed by atoms with Crippen molar-refractivity contribution in [3.8, 4) is 28.9 Å². The van der Waals surface area contributed by atoms with Crippen LogP contribution in [0, 0.1) is 0 Å². The molecule has 0 saturated carbocycles. The summed E-state index contributed by atoms with van der Waals surface area (Å²) < 4.78 is 21.4. The molecule has 0 saturated heterocycles. The van der Waals surface area contributed by atoms with Gasteiger partial charge >= 0.3 is 0 Å². The van der Waals surface area contributed by atoms with Crippen LogP contribution in [0.4, 0.5) is 0 Å². The highest BCUT2D eigenvalue weighted by Crippen LogP contribution is 2.41. The van der Waals surface area contributed by atoms with Crippen molar-refractivity contribution in [2.45, 2.75) is 6.54 Å². The van der Waals surface area contributed by atoms with Gasteiger partial charge in [-0.2, -0.15) is 5.10 Å². The fourth-order valence-corrected chi connectivity index (χ4v) is 1.75. The molecule has 0 aliphatic rings. The van der Waals surface area contributed by atoms with Crippen LogP contribution >= 0.6 is 0 Å². The largest absolute Gasteiger partial charge is 0.493 e. The molecule has 0 atom stereocenters. The van der Waals surface area contributed by atoms with Gasteiger partial charge in [-0.05, 0) is 6.07 Å². The highest BCUT2D eigenvalue weighted by atomic mass is 16.5. The van der Waals surface area contributed by atoms with Gasteiger partial charge in [0.15, 0.2) is 11.5 Å². The van der Waals surface area contributed by atoms with Gasteiger partial charge in [-0.3, -0.25) is 0 Å². The second-order valence-electron chi connectivity index (χ2n) is 4.03.